The molecule has 7 nitrogen and oxygen atoms in total. The number of nitrogens with zero attached hydrogens (tertiary/aromatic N) is 2. The van der Waals surface area contributed by atoms with E-state index in [4.69, 9.17) is 0 Å². The lowest BCUT2D eigenvalue weighted by Crippen LogP contribution is -2.44. The van der Waals surface area contributed by atoms with Crippen molar-refractivity contribution in [2.24, 2.45) is 5.92 Å². The zero-order chi connectivity index (χ0) is 16.8. The molecule has 7 heteroatoms. The van der Waals surface area contributed by atoms with Gasteiger partial charge in [-0.1, -0.05) is 6.07 Å². The quantitative estimate of drug-likeness (QED) is 0.771. The van der Waals surface area contributed by atoms with Crippen LogP contribution >= 0.6 is 0 Å². The summed E-state index contributed by atoms with van der Waals surface area (Å²) in [6, 6.07) is 4.78. The maximum atomic E-state index is 12.1. The third-order valence-corrected chi connectivity index (χ3v) is 4.13. The van der Waals surface area contributed by atoms with Gasteiger partial charge in [-0.25, -0.2) is 0 Å². The third-order valence-electron chi connectivity index (χ3n) is 4.13. The van der Waals surface area contributed by atoms with Crippen LogP contribution in [0.4, 0.5) is 0 Å². The molecule has 23 heavy (non-hydrogen) atoms. The molecule has 1 aliphatic heterocycles. The fourth-order valence-electron chi connectivity index (χ4n) is 2.72. The largest absolute Gasteiger partial charge is 0.389 e. The first kappa shape index (κ1) is 17.2. The van der Waals surface area contributed by atoms with E-state index in [1.54, 1.807) is 23.2 Å². The van der Waals surface area contributed by atoms with Gasteiger partial charge in [0, 0.05) is 44.7 Å². The number of amides is 2. The van der Waals surface area contributed by atoms with Gasteiger partial charge in [-0.2, -0.15) is 0 Å². The predicted octanol–water partition coefficient (Wildman–Crippen LogP) is -0.416. The van der Waals surface area contributed by atoms with Crippen molar-refractivity contribution in [3.63, 3.8) is 0 Å². The van der Waals surface area contributed by atoms with Crippen LogP contribution in [0.3, 0.4) is 0 Å². The molecule has 2 heterocycles. The Morgan fingerprint density at radius 3 is 2.65 bits per heavy atom. The van der Waals surface area contributed by atoms with Gasteiger partial charge in [0.2, 0.25) is 11.8 Å². The molecule has 126 valence electrons. The number of pyridine rings is 1. The molecule has 0 spiro atoms. The summed E-state index contributed by atoms with van der Waals surface area (Å²) in [5, 5.41) is 12.7. The molecule has 1 aromatic heterocycles. The highest BCUT2D eigenvalue weighted by molar-refractivity contribution is 5.79. The summed E-state index contributed by atoms with van der Waals surface area (Å²) in [5.41, 5.74) is -0.186. The van der Waals surface area contributed by atoms with Crippen LogP contribution in [0, 0.1) is 5.92 Å². The molecule has 2 N–H and O–H groups in total. The Kier molecular flexibility index (Phi) is 5.92. The lowest BCUT2D eigenvalue weighted by atomic mass is 9.96. The second-order valence-corrected chi connectivity index (χ2v) is 5.87. The maximum absolute atomic E-state index is 12.1. The average molecular weight is 321 g/mol. The standard InChI is InChI=1S/C16H23N3O4/c1-12(20)18-8-5-13(6-9-18)16(23)17-10-14(21)11-19-7-3-2-4-15(19)22/h2-4,7,13-14,21H,5-6,8-11H2,1H3,(H,17,23). The fraction of sp³-hybridized carbons (Fsp3) is 0.562. The van der Waals surface area contributed by atoms with Gasteiger partial charge in [0.25, 0.3) is 5.56 Å². The van der Waals surface area contributed by atoms with E-state index in [1.807, 2.05) is 0 Å². The molecule has 1 fully saturated rings. The van der Waals surface area contributed by atoms with Gasteiger partial charge in [0.1, 0.15) is 0 Å². The summed E-state index contributed by atoms with van der Waals surface area (Å²) in [5.74, 6) is -0.197. The topological polar surface area (TPSA) is 91.6 Å². The summed E-state index contributed by atoms with van der Waals surface area (Å²) in [7, 11) is 0. The zero-order valence-electron chi connectivity index (χ0n) is 13.3. The molecular weight excluding hydrogens is 298 g/mol. The minimum absolute atomic E-state index is 0.0348. The number of carbonyl (C=O) groups is 2. The second-order valence-electron chi connectivity index (χ2n) is 5.87. The Morgan fingerprint density at radius 2 is 2.04 bits per heavy atom. The number of rotatable bonds is 5. The van der Waals surface area contributed by atoms with Crippen LogP contribution in [-0.4, -0.2) is 52.1 Å². The van der Waals surface area contributed by atoms with Gasteiger partial charge in [-0.3, -0.25) is 14.4 Å². The third kappa shape index (κ3) is 4.92. The Morgan fingerprint density at radius 1 is 1.35 bits per heavy atom. The number of aliphatic hydroxyl groups excluding tert-OH is 1. The summed E-state index contributed by atoms with van der Waals surface area (Å²) in [6.45, 7) is 2.96. The van der Waals surface area contributed by atoms with Crippen molar-refractivity contribution in [2.45, 2.75) is 32.4 Å². The van der Waals surface area contributed by atoms with Gasteiger partial charge in [0.05, 0.1) is 12.6 Å². The monoisotopic (exact) mass is 321 g/mol. The van der Waals surface area contributed by atoms with Crippen molar-refractivity contribution >= 4 is 11.8 Å². The number of aromatic nitrogens is 1. The van der Waals surface area contributed by atoms with Crippen molar-refractivity contribution in [3.05, 3.63) is 34.7 Å². The van der Waals surface area contributed by atoms with E-state index < -0.39 is 6.10 Å². The molecule has 1 saturated heterocycles. The molecular formula is C16H23N3O4. The molecule has 2 rings (SSSR count). The highest BCUT2D eigenvalue weighted by Gasteiger charge is 2.26. The van der Waals surface area contributed by atoms with E-state index in [9.17, 15) is 19.5 Å². The van der Waals surface area contributed by atoms with Crippen LogP contribution < -0.4 is 10.9 Å². The smallest absolute Gasteiger partial charge is 0.250 e. The molecule has 1 unspecified atom stereocenters. The second kappa shape index (κ2) is 7.92. The molecule has 0 radical (unpaired) electrons. The molecule has 1 aliphatic rings. The Hall–Kier alpha value is -2.15. The van der Waals surface area contributed by atoms with Crippen LogP contribution in [-0.2, 0) is 16.1 Å². The van der Waals surface area contributed by atoms with E-state index in [1.165, 1.54) is 17.6 Å². The average Bonchev–Trinajstić information content (AvgIpc) is 2.55. The molecule has 0 bridgehead atoms. The van der Waals surface area contributed by atoms with Crippen LogP contribution in [0.2, 0.25) is 0 Å². The van der Waals surface area contributed by atoms with Crippen LogP contribution in [0.5, 0.6) is 0 Å². The number of carbonyl (C=O) groups excluding carboxylic acids is 2. The van der Waals surface area contributed by atoms with Gasteiger partial charge in [0.15, 0.2) is 0 Å². The van der Waals surface area contributed by atoms with Gasteiger partial charge < -0.3 is 19.9 Å². The lowest BCUT2D eigenvalue weighted by molar-refractivity contribution is -0.134. The number of aliphatic hydroxyl groups is 1. The number of hydrogen-bond acceptors (Lipinski definition) is 4. The highest BCUT2D eigenvalue weighted by atomic mass is 16.3. The number of piperidine rings is 1. The van der Waals surface area contributed by atoms with Gasteiger partial charge in [-0.15, -0.1) is 0 Å². The molecule has 1 aromatic rings. The van der Waals surface area contributed by atoms with E-state index >= 15 is 0 Å². The highest BCUT2D eigenvalue weighted by Crippen LogP contribution is 2.17. The zero-order valence-corrected chi connectivity index (χ0v) is 13.3. The number of likely N-dealkylation sites (tertiary alicyclic amines) is 1. The first-order chi connectivity index (χ1) is 11.0. The maximum Gasteiger partial charge on any atom is 0.250 e. The van der Waals surface area contributed by atoms with Crippen LogP contribution in [0.25, 0.3) is 0 Å². The van der Waals surface area contributed by atoms with Crippen molar-refractivity contribution < 1.29 is 14.7 Å². The summed E-state index contributed by atoms with van der Waals surface area (Å²) in [4.78, 5) is 36.7. The molecule has 1 atom stereocenters. The Labute approximate surface area is 134 Å². The van der Waals surface area contributed by atoms with Crippen LogP contribution in [0.15, 0.2) is 29.2 Å². The Bertz CT molecular complexity index is 605. The van der Waals surface area contributed by atoms with Crippen molar-refractivity contribution in [1.82, 2.24) is 14.8 Å². The van der Waals surface area contributed by atoms with Crippen LogP contribution in [0.1, 0.15) is 19.8 Å². The minimum Gasteiger partial charge on any atom is -0.389 e. The van der Waals surface area contributed by atoms with Gasteiger partial charge >= 0.3 is 0 Å². The van der Waals surface area contributed by atoms with Gasteiger partial charge in [-0.05, 0) is 18.9 Å². The molecule has 0 saturated carbocycles. The Balaban J connectivity index is 1.75. The summed E-state index contributed by atoms with van der Waals surface area (Å²) >= 11 is 0. The van der Waals surface area contributed by atoms with E-state index in [0.29, 0.717) is 25.9 Å². The van der Waals surface area contributed by atoms with E-state index in [2.05, 4.69) is 5.32 Å². The number of hydrogen-bond donors (Lipinski definition) is 2. The minimum atomic E-state index is -0.823. The first-order valence-electron chi connectivity index (χ1n) is 7.84. The van der Waals surface area contributed by atoms with E-state index in [0.717, 1.165) is 0 Å². The molecule has 0 aromatic carbocycles. The SMILES string of the molecule is CC(=O)N1CCC(C(=O)NCC(O)Cn2ccccc2=O)CC1. The molecule has 0 aliphatic carbocycles. The summed E-state index contributed by atoms with van der Waals surface area (Å²) in [6.07, 6.45) is 2.06. The van der Waals surface area contributed by atoms with Crippen molar-refractivity contribution in [3.8, 4) is 0 Å². The van der Waals surface area contributed by atoms with E-state index in [-0.39, 0.29) is 36.4 Å². The normalized spacial score (nSPS) is 16.9. The van der Waals surface area contributed by atoms with Crippen molar-refractivity contribution in [1.29, 1.82) is 0 Å². The summed E-state index contributed by atoms with van der Waals surface area (Å²) < 4.78 is 1.40. The molecule has 2 amide bonds. The van der Waals surface area contributed by atoms with Crippen molar-refractivity contribution in [2.75, 3.05) is 19.6 Å². The lowest BCUT2D eigenvalue weighted by Gasteiger charge is -2.30. The fourth-order valence-corrected chi connectivity index (χ4v) is 2.72. The first-order valence-corrected chi connectivity index (χ1v) is 7.84. The predicted molar refractivity (Wildman–Crippen MR) is 84.7 cm³/mol. The number of nitrogens with one attached hydrogen (secondary N) is 1.